The smallest absolute Gasteiger partial charge is 0.322 e. The predicted molar refractivity (Wildman–Crippen MR) is 77.5 cm³/mol. The van der Waals surface area contributed by atoms with E-state index in [1.807, 2.05) is 0 Å². The molecule has 0 aliphatic rings. The highest BCUT2D eigenvalue weighted by Gasteiger charge is 2.18. The number of carboxylic acid groups (broad SMARTS) is 1. The molecule has 112 valence electrons. The number of methoxy groups -OCH3 is 3. The van der Waals surface area contributed by atoms with Crippen molar-refractivity contribution in [1.29, 1.82) is 0 Å². The predicted octanol–water partition coefficient (Wildman–Crippen LogP) is 1.76. The van der Waals surface area contributed by atoms with Crippen molar-refractivity contribution in [3.8, 4) is 17.2 Å². The van der Waals surface area contributed by atoms with Gasteiger partial charge in [-0.15, -0.1) is 0 Å². The third-order valence-corrected chi connectivity index (χ3v) is 2.98. The van der Waals surface area contributed by atoms with Crippen LogP contribution in [0.15, 0.2) is 18.3 Å². The third-order valence-electron chi connectivity index (χ3n) is 2.98. The minimum absolute atomic E-state index is 0.233. The van der Waals surface area contributed by atoms with Crippen molar-refractivity contribution in [2.24, 2.45) is 0 Å². The number of benzene rings is 1. The number of nitrogens with one attached hydrogen (secondary N) is 1. The first kappa shape index (κ1) is 14.7. The first-order valence-corrected chi connectivity index (χ1v) is 6.15. The number of hydrogen-bond acceptors (Lipinski definition) is 6. The van der Waals surface area contributed by atoms with E-state index in [0.717, 1.165) is 5.39 Å². The Morgan fingerprint density at radius 2 is 1.90 bits per heavy atom. The molecule has 0 bridgehead atoms. The number of pyridine rings is 1. The molecule has 1 heterocycles. The Bertz CT molecular complexity index is 672. The molecule has 7 heteroatoms. The second-order valence-electron chi connectivity index (χ2n) is 4.15. The molecule has 2 N–H and O–H groups in total. The molecule has 2 aromatic rings. The molecule has 1 aromatic heterocycles. The number of carboxylic acids is 1. The van der Waals surface area contributed by atoms with Crippen LogP contribution in [0.25, 0.3) is 10.8 Å². The van der Waals surface area contributed by atoms with E-state index in [1.54, 1.807) is 18.3 Å². The van der Waals surface area contributed by atoms with Gasteiger partial charge in [0, 0.05) is 17.0 Å². The number of carbonyl (C=O) groups is 1. The van der Waals surface area contributed by atoms with E-state index >= 15 is 0 Å². The first-order valence-electron chi connectivity index (χ1n) is 6.15. The maximum Gasteiger partial charge on any atom is 0.322 e. The van der Waals surface area contributed by atoms with E-state index in [-0.39, 0.29) is 6.54 Å². The quantitative estimate of drug-likeness (QED) is 0.838. The zero-order valence-corrected chi connectivity index (χ0v) is 12.0. The molecule has 2 rings (SSSR count). The van der Waals surface area contributed by atoms with Crippen molar-refractivity contribution in [3.05, 3.63) is 18.3 Å². The molecule has 0 fully saturated rings. The lowest BCUT2D eigenvalue weighted by molar-refractivity contribution is -0.134. The van der Waals surface area contributed by atoms with Crippen molar-refractivity contribution in [2.75, 3.05) is 33.2 Å². The van der Waals surface area contributed by atoms with Gasteiger partial charge in [0.25, 0.3) is 0 Å². The van der Waals surface area contributed by atoms with Crippen LogP contribution in [0.5, 0.6) is 17.2 Å². The Kier molecular flexibility index (Phi) is 4.32. The molecule has 0 radical (unpaired) electrons. The number of rotatable bonds is 6. The SMILES string of the molecule is COc1cc2c(NCC(=O)O)nccc2c(OC)c1OC. The van der Waals surface area contributed by atoms with Gasteiger partial charge in [-0.3, -0.25) is 4.79 Å². The van der Waals surface area contributed by atoms with E-state index in [2.05, 4.69) is 10.3 Å². The standard InChI is InChI=1S/C14H16N2O5/c1-19-10-6-9-8(12(20-2)13(10)21-3)4-5-15-14(9)16-7-11(17)18/h4-6H,7H2,1-3H3,(H,15,16)(H,17,18). The number of hydrogen-bond donors (Lipinski definition) is 2. The zero-order chi connectivity index (χ0) is 15.4. The highest BCUT2D eigenvalue weighted by Crippen LogP contribution is 2.44. The maximum absolute atomic E-state index is 10.7. The van der Waals surface area contributed by atoms with Gasteiger partial charge in [0.05, 0.1) is 21.3 Å². The summed E-state index contributed by atoms with van der Waals surface area (Å²) in [5.74, 6) is 0.930. The van der Waals surface area contributed by atoms with Gasteiger partial charge in [-0.2, -0.15) is 0 Å². The average Bonchev–Trinajstić information content (AvgIpc) is 2.50. The summed E-state index contributed by atoms with van der Waals surface area (Å²) >= 11 is 0. The fourth-order valence-electron chi connectivity index (χ4n) is 2.10. The number of nitrogens with zero attached hydrogens (tertiary/aromatic N) is 1. The molecule has 0 unspecified atom stereocenters. The van der Waals surface area contributed by atoms with Crippen molar-refractivity contribution in [3.63, 3.8) is 0 Å². The summed E-state index contributed by atoms with van der Waals surface area (Å²) in [7, 11) is 4.57. The molecule has 0 aliphatic heterocycles. The van der Waals surface area contributed by atoms with Crippen molar-refractivity contribution < 1.29 is 24.1 Å². The molecule has 0 amide bonds. The number of anilines is 1. The number of fused-ring (bicyclic) bond motifs is 1. The lowest BCUT2D eigenvalue weighted by atomic mass is 10.1. The Balaban J connectivity index is 2.66. The minimum atomic E-state index is -0.971. The van der Waals surface area contributed by atoms with Crippen LogP contribution in [0, 0.1) is 0 Å². The average molecular weight is 292 g/mol. The lowest BCUT2D eigenvalue weighted by Crippen LogP contribution is -2.13. The monoisotopic (exact) mass is 292 g/mol. The van der Waals surface area contributed by atoms with Crippen LogP contribution < -0.4 is 19.5 Å². The van der Waals surface area contributed by atoms with Crippen LogP contribution >= 0.6 is 0 Å². The molecule has 7 nitrogen and oxygen atoms in total. The summed E-state index contributed by atoms with van der Waals surface area (Å²) in [6.07, 6.45) is 1.57. The Morgan fingerprint density at radius 3 is 2.48 bits per heavy atom. The highest BCUT2D eigenvalue weighted by molar-refractivity contribution is 5.99. The van der Waals surface area contributed by atoms with E-state index < -0.39 is 5.97 Å². The van der Waals surface area contributed by atoms with Gasteiger partial charge in [0.15, 0.2) is 11.5 Å². The molecule has 0 saturated carbocycles. The maximum atomic E-state index is 10.7. The van der Waals surface area contributed by atoms with Crippen LogP contribution in [-0.4, -0.2) is 43.9 Å². The van der Waals surface area contributed by atoms with Gasteiger partial charge < -0.3 is 24.6 Å². The molecule has 0 saturated heterocycles. The second-order valence-corrected chi connectivity index (χ2v) is 4.15. The summed E-state index contributed by atoms with van der Waals surface area (Å²) in [5, 5.41) is 13.0. The summed E-state index contributed by atoms with van der Waals surface area (Å²) in [6.45, 7) is -0.233. The molecule has 0 atom stereocenters. The molecule has 0 aliphatic carbocycles. The summed E-state index contributed by atoms with van der Waals surface area (Å²) in [4.78, 5) is 14.9. The fraction of sp³-hybridized carbons (Fsp3) is 0.286. The van der Waals surface area contributed by atoms with Crippen LogP contribution in [-0.2, 0) is 4.79 Å². The van der Waals surface area contributed by atoms with Crippen molar-refractivity contribution in [2.45, 2.75) is 0 Å². The van der Waals surface area contributed by atoms with E-state index in [1.165, 1.54) is 21.3 Å². The molecule has 21 heavy (non-hydrogen) atoms. The molecule has 1 aromatic carbocycles. The Hall–Kier alpha value is -2.70. The van der Waals surface area contributed by atoms with Gasteiger partial charge in [-0.05, 0) is 12.1 Å². The van der Waals surface area contributed by atoms with Crippen LogP contribution in [0.2, 0.25) is 0 Å². The third kappa shape index (κ3) is 2.76. The Labute approximate surface area is 121 Å². The Morgan fingerprint density at radius 1 is 1.19 bits per heavy atom. The number of aromatic nitrogens is 1. The van der Waals surface area contributed by atoms with Gasteiger partial charge in [0.1, 0.15) is 12.4 Å². The topological polar surface area (TPSA) is 89.9 Å². The second kappa shape index (κ2) is 6.17. The van der Waals surface area contributed by atoms with Gasteiger partial charge in [0.2, 0.25) is 5.75 Å². The summed E-state index contributed by atoms with van der Waals surface area (Å²) in [5.41, 5.74) is 0. The highest BCUT2D eigenvalue weighted by atomic mass is 16.5. The molecular formula is C14H16N2O5. The van der Waals surface area contributed by atoms with Gasteiger partial charge in [-0.1, -0.05) is 0 Å². The fourth-order valence-corrected chi connectivity index (χ4v) is 2.10. The van der Waals surface area contributed by atoms with Crippen LogP contribution in [0.3, 0.4) is 0 Å². The largest absolute Gasteiger partial charge is 0.493 e. The molecule has 0 spiro atoms. The van der Waals surface area contributed by atoms with Gasteiger partial charge in [-0.25, -0.2) is 4.98 Å². The normalized spacial score (nSPS) is 10.2. The van der Waals surface area contributed by atoms with Gasteiger partial charge >= 0.3 is 5.97 Å². The van der Waals surface area contributed by atoms with E-state index in [0.29, 0.717) is 28.5 Å². The van der Waals surface area contributed by atoms with Crippen molar-refractivity contribution >= 4 is 22.6 Å². The molecular weight excluding hydrogens is 276 g/mol. The summed E-state index contributed by atoms with van der Waals surface area (Å²) < 4.78 is 16.0. The van der Waals surface area contributed by atoms with Crippen LogP contribution in [0.4, 0.5) is 5.82 Å². The van der Waals surface area contributed by atoms with E-state index in [4.69, 9.17) is 19.3 Å². The lowest BCUT2D eigenvalue weighted by Gasteiger charge is -2.16. The van der Waals surface area contributed by atoms with E-state index in [9.17, 15) is 4.79 Å². The minimum Gasteiger partial charge on any atom is -0.493 e. The number of aliphatic carboxylic acids is 1. The summed E-state index contributed by atoms with van der Waals surface area (Å²) in [6, 6.07) is 3.50. The first-order chi connectivity index (χ1) is 10.1. The van der Waals surface area contributed by atoms with Crippen LogP contribution in [0.1, 0.15) is 0 Å². The number of ether oxygens (including phenoxy) is 3. The zero-order valence-electron chi connectivity index (χ0n) is 12.0. The van der Waals surface area contributed by atoms with Crippen molar-refractivity contribution in [1.82, 2.24) is 4.98 Å².